The third-order valence-electron chi connectivity index (χ3n) is 10.2. The van der Waals surface area contributed by atoms with E-state index in [1.807, 2.05) is 0 Å². The normalized spacial score (nSPS) is 29.6. The van der Waals surface area contributed by atoms with Gasteiger partial charge in [0.15, 0.2) is 11.5 Å². The molecule has 1 saturated carbocycles. The van der Waals surface area contributed by atoms with Gasteiger partial charge in [0.25, 0.3) is 5.92 Å². The van der Waals surface area contributed by atoms with Crippen LogP contribution in [-0.4, -0.2) is 61.1 Å². The van der Waals surface area contributed by atoms with Gasteiger partial charge in [-0.05, 0) is 56.7 Å². The largest absolute Gasteiger partial charge is 0.586 e. The molecule has 7 rings (SSSR count). The quantitative estimate of drug-likeness (QED) is 0.350. The fraction of sp³-hybridized carbons (Fsp3) is 0.576. The number of carbonyl (C=O) groups excluding carboxylic acids is 2. The minimum Gasteiger partial charge on any atom is -0.492 e. The van der Waals surface area contributed by atoms with Crippen molar-refractivity contribution in [2.24, 2.45) is 11.8 Å². The second-order valence-corrected chi connectivity index (χ2v) is 13.5. The van der Waals surface area contributed by atoms with Gasteiger partial charge >= 0.3 is 12.7 Å². The van der Waals surface area contributed by atoms with Crippen LogP contribution in [0.15, 0.2) is 30.3 Å². The molecule has 2 amide bonds. The van der Waals surface area contributed by atoms with Crippen LogP contribution in [-0.2, 0) is 15.0 Å². The lowest BCUT2D eigenvalue weighted by molar-refractivity contribution is -0.286. The number of hydrogen-bond donors (Lipinski definition) is 1. The lowest BCUT2D eigenvalue weighted by atomic mass is 9.76. The molecule has 0 aromatic heterocycles. The summed E-state index contributed by atoms with van der Waals surface area (Å²) in [5.41, 5.74) is -0.642. The predicted molar refractivity (Wildman–Crippen MR) is 155 cm³/mol. The molecule has 4 aliphatic heterocycles. The van der Waals surface area contributed by atoms with Crippen molar-refractivity contribution < 1.29 is 64.0 Å². The van der Waals surface area contributed by atoms with E-state index in [0.29, 0.717) is 36.8 Å². The van der Waals surface area contributed by atoms with E-state index in [1.54, 1.807) is 6.92 Å². The Morgan fingerprint density at radius 1 is 0.918 bits per heavy atom. The van der Waals surface area contributed by atoms with Crippen LogP contribution in [0.25, 0.3) is 0 Å². The molecule has 1 saturated heterocycles. The zero-order valence-electron chi connectivity index (χ0n) is 26.2. The molecule has 0 radical (unpaired) electrons. The number of benzene rings is 2. The third kappa shape index (κ3) is 6.62. The maximum absolute atomic E-state index is 14.0. The van der Waals surface area contributed by atoms with E-state index < -0.39 is 47.8 Å². The molecule has 16 heteroatoms. The second-order valence-electron chi connectivity index (χ2n) is 13.5. The molecule has 3 atom stereocenters. The number of fused-ring (bicyclic) bond motifs is 3. The Morgan fingerprint density at radius 2 is 1.59 bits per heavy atom. The van der Waals surface area contributed by atoms with Gasteiger partial charge in [-0.25, -0.2) is 8.78 Å². The van der Waals surface area contributed by atoms with Crippen molar-refractivity contribution in [2.75, 3.05) is 19.7 Å². The van der Waals surface area contributed by atoms with E-state index in [0.717, 1.165) is 12.1 Å². The Bertz CT molecular complexity index is 1640. The minimum absolute atomic E-state index is 0.00216. The van der Waals surface area contributed by atoms with Crippen molar-refractivity contribution in [1.82, 2.24) is 10.2 Å². The Balaban J connectivity index is 1.09. The first-order valence-electron chi connectivity index (χ1n) is 16.1. The number of halogens is 7. The Kier molecular flexibility index (Phi) is 8.01. The summed E-state index contributed by atoms with van der Waals surface area (Å²) in [5, 5.41) is 2.99. The molecule has 2 aromatic carbocycles. The average Bonchev–Trinajstić information content (AvgIpc) is 3.52. The highest BCUT2D eigenvalue weighted by molar-refractivity contribution is 5.90. The molecule has 1 unspecified atom stereocenters. The first-order chi connectivity index (χ1) is 23.0. The molecule has 0 spiro atoms. The number of ether oxygens (including phenoxy) is 5. The van der Waals surface area contributed by atoms with Crippen molar-refractivity contribution in [2.45, 2.75) is 88.0 Å². The first kappa shape index (κ1) is 33.4. The first-order valence-corrected chi connectivity index (χ1v) is 16.1. The summed E-state index contributed by atoms with van der Waals surface area (Å²) in [6, 6.07) is 5.40. The standard InChI is InChI=1S/C33H33F7N2O7/c1-30(16-45-25-15-27-26(13-21(25)30)48-33(39,40)49-27)29(44)41-22-14-23(46-24-12-19(6-7-20(22)24)47-32(36,37)38)17-2-4-18(5-3-17)28(43)42-10-8-31(34,35)9-11-42/h6-7,12-13,15,17-18,22-23H,2-5,8-11,14,16H2,1H3,(H,41,44)/t17?,18?,22-,23-,30?/m1/s1. The summed E-state index contributed by atoms with van der Waals surface area (Å²) in [5.74, 6) is -4.64. The Labute approximate surface area is 275 Å². The summed E-state index contributed by atoms with van der Waals surface area (Å²) in [7, 11) is 0. The predicted octanol–water partition coefficient (Wildman–Crippen LogP) is 6.63. The molecule has 1 aliphatic carbocycles. The number of amides is 2. The molecule has 266 valence electrons. The van der Waals surface area contributed by atoms with Gasteiger partial charge in [0, 0.05) is 61.5 Å². The van der Waals surface area contributed by atoms with E-state index in [1.165, 1.54) is 23.1 Å². The van der Waals surface area contributed by atoms with E-state index in [-0.39, 0.29) is 79.7 Å². The van der Waals surface area contributed by atoms with Crippen LogP contribution in [0.5, 0.6) is 28.7 Å². The second kappa shape index (κ2) is 11.8. The molecule has 0 bridgehead atoms. The van der Waals surface area contributed by atoms with Gasteiger partial charge in [0.05, 0.1) is 6.04 Å². The Morgan fingerprint density at radius 3 is 2.27 bits per heavy atom. The molecule has 4 heterocycles. The van der Waals surface area contributed by atoms with Gasteiger partial charge in [-0.1, -0.05) is 0 Å². The highest BCUT2D eigenvalue weighted by Gasteiger charge is 2.50. The van der Waals surface area contributed by atoms with E-state index >= 15 is 0 Å². The van der Waals surface area contributed by atoms with E-state index in [4.69, 9.17) is 9.47 Å². The van der Waals surface area contributed by atoms with Gasteiger partial charge in [-0.15, -0.1) is 22.0 Å². The SMILES string of the molecule is CC1(C(=O)N[C@@H]2C[C@H](C3CCC(C(=O)N4CCC(F)(F)CC4)CC3)Oc3cc(OC(F)(F)F)ccc32)COc2cc3c(cc21)OC(F)(F)O3. The number of likely N-dealkylation sites (tertiary alicyclic amines) is 1. The fourth-order valence-electron chi connectivity index (χ4n) is 7.48. The molecular weight excluding hydrogens is 669 g/mol. The zero-order chi connectivity index (χ0) is 34.9. The van der Waals surface area contributed by atoms with Crippen LogP contribution < -0.4 is 29.0 Å². The molecule has 49 heavy (non-hydrogen) atoms. The van der Waals surface area contributed by atoms with Crippen LogP contribution >= 0.6 is 0 Å². The van der Waals surface area contributed by atoms with Crippen molar-refractivity contribution in [1.29, 1.82) is 0 Å². The number of nitrogens with one attached hydrogen (secondary N) is 1. The van der Waals surface area contributed by atoms with Crippen molar-refractivity contribution >= 4 is 11.8 Å². The lowest BCUT2D eigenvalue weighted by Gasteiger charge is -2.41. The van der Waals surface area contributed by atoms with Gasteiger partial charge in [-0.3, -0.25) is 9.59 Å². The average molecular weight is 703 g/mol. The fourth-order valence-corrected chi connectivity index (χ4v) is 7.48. The maximum atomic E-state index is 14.0. The minimum atomic E-state index is -4.95. The van der Waals surface area contributed by atoms with Gasteiger partial charge in [0.2, 0.25) is 11.8 Å². The maximum Gasteiger partial charge on any atom is 0.586 e. The van der Waals surface area contributed by atoms with Gasteiger partial charge in [-0.2, -0.15) is 0 Å². The van der Waals surface area contributed by atoms with Gasteiger partial charge < -0.3 is 33.9 Å². The van der Waals surface area contributed by atoms with Crippen molar-refractivity contribution in [3.05, 3.63) is 41.5 Å². The van der Waals surface area contributed by atoms with E-state index in [9.17, 15) is 40.3 Å². The molecule has 2 fully saturated rings. The summed E-state index contributed by atoms with van der Waals surface area (Å²) in [6.07, 6.45) is -7.82. The smallest absolute Gasteiger partial charge is 0.492 e. The van der Waals surface area contributed by atoms with Crippen LogP contribution in [0.2, 0.25) is 0 Å². The van der Waals surface area contributed by atoms with E-state index in [2.05, 4.69) is 19.5 Å². The molecule has 2 aromatic rings. The van der Waals surface area contributed by atoms with Crippen molar-refractivity contribution in [3.63, 3.8) is 0 Å². The number of carbonyl (C=O) groups is 2. The molecule has 5 aliphatic rings. The van der Waals surface area contributed by atoms with Crippen LogP contribution in [0, 0.1) is 11.8 Å². The highest BCUT2D eigenvalue weighted by Crippen LogP contribution is 2.51. The molecule has 9 nitrogen and oxygen atoms in total. The third-order valence-corrected chi connectivity index (χ3v) is 10.2. The van der Waals surface area contributed by atoms with Crippen LogP contribution in [0.3, 0.4) is 0 Å². The number of piperidine rings is 1. The monoisotopic (exact) mass is 702 g/mol. The summed E-state index contributed by atoms with van der Waals surface area (Å²) < 4.78 is 119. The highest BCUT2D eigenvalue weighted by atomic mass is 19.4. The summed E-state index contributed by atoms with van der Waals surface area (Å²) in [4.78, 5) is 28.6. The lowest BCUT2D eigenvalue weighted by Crippen LogP contribution is -2.48. The molecular formula is C33H33F7N2O7. The Hall–Kier alpha value is -4.11. The number of hydrogen-bond acceptors (Lipinski definition) is 7. The van der Waals surface area contributed by atoms with Gasteiger partial charge in [0.1, 0.15) is 35.4 Å². The summed E-state index contributed by atoms with van der Waals surface area (Å²) >= 11 is 0. The number of alkyl halides is 7. The van der Waals surface area contributed by atoms with Crippen LogP contribution in [0.1, 0.15) is 69.0 Å². The number of nitrogens with zero attached hydrogens (tertiary/aromatic N) is 1. The summed E-state index contributed by atoms with van der Waals surface area (Å²) in [6.45, 7) is 1.45. The molecule has 1 N–H and O–H groups in total. The zero-order valence-corrected chi connectivity index (χ0v) is 26.2. The van der Waals surface area contributed by atoms with Crippen molar-refractivity contribution in [3.8, 4) is 28.7 Å². The topological polar surface area (TPSA) is 95.6 Å². The number of rotatable bonds is 5. The van der Waals surface area contributed by atoms with Crippen LogP contribution in [0.4, 0.5) is 30.7 Å².